The first-order valence-electron chi connectivity index (χ1n) is 5.34. The largest absolute Gasteiger partial charge is 0.481 e. The van der Waals surface area contributed by atoms with Gasteiger partial charge in [0.05, 0.1) is 12.6 Å². The Hall–Kier alpha value is -2.76. The van der Waals surface area contributed by atoms with Crippen molar-refractivity contribution in [1.29, 1.82) is 0 Å². The molecule has 98 valence electrons. The summed E-state index contributed by atoms with van der Waals surface area (Å²) in [6.07, 6.45) is 4.07. The first kappa shape index (κ1) is 14.3. The molecule has 0 bridgehead atoms. The lowest BCUT2D eigenvalue weighted by Crippen LogP contribution is -1.99. The van der Waals surface area contributed by atoms with Crippen LogP contribution in [0.3, 0.4) is 0 Å². The Morgan fingerprint density at radius 2 is 1.74 bits per heavy atom. The van der Waals surface area contributed by atoms with Crippen LogP contribution >= 0.6 is 0 Å². The van der Waals surface area contributed by atoms with E-state index in [1.54, 1.807) is 12.1 Å². The number of carboxylic acids is 2. The molecule has 0 spiro atoms. The van der Waals surface area contributed by atoms with Crippen molar-refractivity contribution in [1.82, 2.24) is 9.97 Å². The Balaban J connectivity index is 0.000000191. The Kier molecular flexibility index (Phi) is 5.68. The molecule has 0 amide bonds. The fraction of sp³-hybridized carbons (Fsp3) is 0.0769. The zero-order valence-corrected chi connectivity index (χ0v) is 9.93. The summed E-state index contributed by atoms with van der Waals surface area (Å²) in [7, 11) is 0. The highest BCUT2D eigenvalue weighted by Crippen LogP contribution is 1.98. The minimum Gasteiger partial charge on any atom is -0.481 e. The van der Waals surface area contributed by atoms with E-state index < -0.39 is 11.9 Å². The lowest BCUT2D eigenvalue weighted by molar-refractivity contribution is -0.136. The van der Waals surface area contributed by atoms with Crippen LogP contribution in [0, 0.1) is 0 Å². The fourth-order valence-corrected chi connectivity index (χ4v) is 1.18. The maximum Gasteiger partial charge on any atom is 0.356 e. The zero-order valence-electron chi connectivity index (χ0n) is 9.93. The second kappa shape index (κ2) is 7.54. The average Bonchev–Trinajstić information content (AvgIpc) is 2.41. The average molecular weight is 260 g/mol. The van der Waals surface area contributed by atoms with Crippen LogP contribution in [0.25, 0.3) is 0 Å². The van der Waals surface area contributed by atoms with Crippen LogP contribution in [0.1, 0.15) is 16.1 Å². The summed E-state index contributed by atoms with van der Waals surface area (Å²) in [6.45, 7) is 0. The molecule has 1 aromatic carbocycles. The quantitative estimate of drug-likeness (QED) is 0.867. The first-order chi connectivity index (χ1) is 9.09. The number of rotatable bonds is 3. The molecule has 1 heterocycles. The molecule has 6 heteroatoms. The summed E-state index contributed by atoms with van der Waals surface area (Å²) in [4.78, 5) is 27.3. The molecule has 19 heavy (non-hydrogen) atoms. The van der Waals surface area contributed by atoms with E-state index in [2.05, 4.69) is 9.97 Å². The van der Waals surface area contributed by atoms with Gasteiger partial charge in [-0.2, -0.15) is 0 Å². The van der Waals surface area contributed by atoms with Crippen LogP contribution in [-0.4, -0.2) is 32.1 Å². The van der Waals surface area contributed by atoms with Gasteiger partial charge in [0.1, 0.15) is 0 Å². The Bertz CT molecular complexity index is 529. The third-order valence-electron chi connectivity index (χ3n) is 1.98. The highest BCUT2D eigenvalue weighted by Gasteiger charge is 2.00. The number of carboxylic acid groups (broad SMARTS) is 2. The van der Waals surface area contributed by atoms with Crippen molar-refractivity contribution < 1.29 is 19.8 Å². The fourth-order valence-electron chi connectivity index (χ4n) is 1.18. The van der Waals surface area contributed by atoms with Gasteiger partial charge in [-0.1, -0.05) is 30.3 Å². The van der Waals surface area contributed by atoms with E-state index in [-0.39, 0.29) is 12.1 Å². The Morgan fingerprint density at radius 1 is 1.05 bits per heavy atom. The molecule has 0 unspecified atom stereocenters. The topological polar surface area (TPSA) is 100 Å². The van der Waals surface area contributed by atoms with Gasteiger partial charge in [-0.3, -0.25) is 9.78 Å². The van der Waals surface area contributed by atoms with Gasteiger partial charge in [-0.25, -0.2) is 9.78 Å². The third kappa shape index (κ3) is 5.92. The second-order valence-corrected chi connectivity index (χ2v) is 3.45. The molecule has 6 nitrogen and oxygen atoms in total. The summed E-state index contributed by atoms with van der Waals surface area (Å²) >= 11 is 0. The number of hydrogen-bond acceptors (Lipinski definition) is 4. The summed E-state index contributed by atoms with van der Waals surface area (Å²) in [6, 6.07) is 9.13. The van der Waals surface area contributed by atoms with E-state index in [0.717, 1.165) is 5.56 Å². The molecule has 0 radical (unpaired) electrons. The summed E-state index contributed by atoms with van der Waals surface area (Å²) in [5.41, 5.74) is 0.813. The number of aromatic carboxylic acids is 1. The summed E-state index contributed by atoms with van der Waals surface area (Å²) in [5.74, 6) is -1.84. The van der Waals surface area contributed by atoms with Crippen molar-refractivity contribution in [2.24, 2.45) is 0 Å². The summed E-state index contributed by atoms with van der Waals surface area (Å²) < 4.78 is 0. The van der Waals surface area contributed by atoms with Gasteiger partial charge >= 0.3 is 11.9 Å². The molecule has 0 fully saturated rings. The molecule has 0 aliphatic carbocycles. The van der Waals surface area contributed by atoms with Crippen LogP contribution < -0.4 is 0 Å². The lowest BCUT2D eigenvalue weighted by atomic mass is 10.2. The van der Waals surface area contributed by atoms with Gasteiger partial charge in [0.2, 0.25) is 0 Å². The minimum atomic E-state index is -1.05. The van der Waals surface area contributed by atoms with Gasteiger partial charge in [0.25, 0.3) is 0 Å². The molecule has 0 saturated carbocycles. The number of benzene rings is 1. The predicted molar refractivity (Wildman–Crippen MR) is 66.8 cm³/mol. The van der Waals surface area contributed by atoms with Crippen LogP contribution in [0.15, 0.2) is 48.9 Å². The van der Waals surface area contributed by atoms with Gasteiger partial charge < -0.3 is 10.2 Å². The molecule has 1 aromatic heterocycles. The van der Waals surface area contributed by atoms with E-state index in [1.807, 2.05) is 18.2 Å². The molecule has 0 aliphatic heterocycles. The SMILES string of the molecule is O=C(O)Cc1ccccc1.O=C(O)c1cnccn1. The molecule has 2 aromatic rings. The van der Waals surface area contributed by atoms with E-state index >= 15 is 0 Å². The molecule has 2 N–H and O–H groups in total. The van der Waals surface area contributed by atoms with Crippen molar-refractivity contribution >= 4 is 11.9 Å². The number of aliphatic carboxylic acids is 1. The zero-order chi connectivity index (χ0) is 14.1. The molecule has 0 aliphatic rings. The van der Waals surface area contributed by atoms with E-state index in [9.17, 15) is 9.59 Å². The maximum atomic E-state index is 10.2. The van der Waals surface area contributed by atoms with Crippen LogP contribution in [0.5, 0.6) is 0 Å². The van der Waals surface area contributed by atoms with E-state index in [0.29, 0.717) is 0 Å². The standard InChI is InChI=1S/C8H8O2.C5H4N2O2/c9-8(10)6-7-4-2-1-3-5-7;8-5(9)4-3-6-1-2-7-4/h1-5H,6H2,(H,9,10);1-3H,(H,8,9). The van der Waals surface area contributed by atoms with Crippen molar-refractivity contribution in [3.8, 4) is 0 Å². The first-order valence-corrected chi connectivity index (χ1v) is 5.34. The van der Waals surface area contributed by atoms with Gasteiger partial charge in [-0.05, 0) is 5.56 Å². The molecule has 0 saturated heterocycles. The van der Waals surface area contributed by atoms with Crippen molar-refractivity contribution in [2.75, 3.05) is 0 Å². The van der Waals surface area contributed by atoms with E-state index in [1.165, 1.54) is 18.6 Å². The summed E-state index contributed by atoms with van der Waals surface area (Å²) in [5, 5.41) is 16.6. The monoisotopic (exact) mass is 260 g/mol. The Labute approximate surface area is 109 Å². The van der Waals surface area contributed by atoms with E-state index in [4.69, 9.17) is 10.2 Å². The van der Waals surface area contributed by atoms with Crippen molar-refractivity contribution in [3.05, 3.63) is 60.2 Å². The van der Waals surface area contributed by atoms with Gasteiger partial charge in [0, 0.05) is 12.4 Å². The number of aromatic nitrogens is 2. The van der Waals surface area contributed by atoms with Gasteiger partial charge in [0.15, 0.2) is 5.69 Å². The minimum absolute atomic E-state index is 0.0301. The van der Waals surface area contributed by atoms with Crippen molar-refractivity contribution in [3.63, 3.8) is 0 Å². The number of hydrogen-bond donors (Lipinski definition) is 2. The van der Waals surface area contributed by atoms with Crippen molar-refractivity contribution in [2.45, 2.75) is 6.42 Å². The molecule has 2 rings (SSSR count). The molecular weight excluding hydrogens is 248 g/mol. The highest BCUT2D eigenvalue weighted by atomic mass is 16.4. The smallest absolute Gasteiger partial charge is 0.356 e. The Morgan fingerprint density at radius 3 is 2.16 bits per heavy atom. The number of nitrogens with zero attached hydrogens (tertiary/aromatic N) is 2. The third-order valence-corrected chi connectivity index (χ3v) is 1.98. The van der Waals surface area contributed by atoms with Crippen LogP contribution in [0.2, 0.25) is 0 Å². The normalized spacial score (nSPS) is 9.05. The number of carbonyl (C=O) groups is 2. The second-order valence-electron chi connectivity index (χ2n) is 3.45. The molecule has 0 atom stereocenters. The lowest BCUT2D eigenvalue weighted by Gasteiger charge is -1.92. The van der Waals surface area contributed by atoms with Gasteiger partial charge in [-0.15, -0.1) is 0 Å². The maximum absolute atomic E-state index is 10.2. The predicted octanol–water partition coefficient (Wildman–Crippen LogP) is 1.49. The molecular formula is C13H12N2O4. The highest BCUT2D eigenvalue weighted by molar-refractivity contribution is 5.84. The van der Waals surface area contributed by atoms with Crippen LogP contribution in [-0.2, 0) is 11.2 Å². The van der Waals surface area contributed by atoms with Crippen LogP contribution in [0.4, 0.5) is 0 Å².